The average molecular weight is 288 g/mol. The lowest BCUT2D eigenvalue weighted by Gasteiger charge is -2.06. The molecule has 1 aromatic rings. The predicted molar refractivity (Wildman–Crippen MR) is 74.0 cm³/mol. The Kier molecular flexibility index (Phi) is 2.77. The summed E-state index contributed by atoms with van der Waals surface area (Å²) in [4.78, 5) is 24.0. The van der Waals surface area contributed by atoms with E-state index in [0.717, 1.165) is 12.8 Å². The van der Waals surface area contributed by atoms with Crippen molar-refractivity contribution in [1.82, 2.24) is 5.32 Å². The second-order valence-corrected chi connectivity index (χ2v) is 5.79. The van der Waals surface area contributed by atoms with Crippen LogP contribution in [0.5, 0.6) is 11.5 Å². The first-order valence-corrected chi connectivity index (χ1v) is 7.21. The minimum Gasteiger partial charge on any atom is -0.454 e. The molecule has 2 N–H and O–H groups in total. The molecule has 1 aliphatic heterocycles. The van der Waals surface area contributed by atoms with Gasteiger partial charge < -0.3 is 20.1 Å². The molecule has 0 radical (unpaired) electrons. The molecule has 1 heterocycles. The molecule has 2 atom stereocenters. The highest BCUT2D eigenvalue weighted by Gasteiger charge is 2.48. The van der Waals surface area contributed by atoms with Crippen LogP contribution in [0, 0.1) is 11.8 Å². The van der Waals surface area contributed by atoms with E-state index in [1.54, 1.807) is 18.2 Å². The maximum atomic E-state index is 12.1. The van der Waals surface area contributed by atoms with Gasteiger partial charge in [-0.3, -0.25) is 9.59 Å². The van der Waals surface area contributed by atoms with Crippen molar-refractivity contribution in [1.29, 1.82) is 0 Å². The number of amides is 2. The van der Waals surface area contributed by atoms with Crippen LogP contribution in [0.1, 0.15) is 19.3 Å². The number of nitrogens with one attached hydrogen (secondary N) is 2. The maximum absolute atomic E-state index is 12.1. The summed E-state index contributed by atoms with van der Waals surface area (Å²) in [5, 5.41) is 5.78. The van der Waals surface area contributed by atoms with Gasteiger partial charge in [0, 0.05) is 17.8 Å². The van der Waals surface area contributed by atoms with E-state index >= 15 is 0 Å². The lowest BCUT2D eigenvalue weighted by atomic mass is 10.2. The smallest absolute Gasteiger partial charge is 0.231 e. The molecule has 0 aromatic heterocycles. The summed E-state index contributed by atoms with van der Waals surface area (Å²) in [7, 11) is 0. The summed E-state index contributed by atoms with van der Waals surface area (Å²) in [6.45, 7) is 0.207. The quantitative estimate of drug-likeness (QED) is 0.874. The van der Waals surface area contributed by atoms with Crippen LogP contribution in [0.25, 0.3) is 0 Å². The SMILES string of the molecule is O=C(Nc1ccc2c(c1)OCO2)C1CC1C(=O)NC1CC1. The number of benzene rings is 1. The van der Waals surface area contributed by atoms with E-state index in [2.05, 4.69) is 10.6 Å². The summed E-state index contributed by atoms with van der Waals surface area (Å²) in [6.07, 6.45) is 2.76. The molecule has 0 saturated heterocycles. The van der Waals surface area contributed by atoms with Gasteiger partial charge >= 0.3 is 0 Å². The van der Waals surface area contributed by atoms with Crippen LogP contribution in [0.4, 0.5) is 5.69 Å². The first-order valence-electron chi connectivity index (χ1n) is 7.21. The first kappa shape index (κ1) is 12.5. The van der Waals surface area contributed by atoms with E-state index in [0.29, 0.717) is 29.6 Å². The van der Waals surface area contributed by atoms with Gasteiger partial charge in [-0.1, -0.05) is 0 Å². The highest BCUT2D eigenvalue weighted by Crippen LogP contribution is 2.41. The van der Waals surface area contributed by atoms with Crippen LogP contribution in [0.15, 0.2) is 18.2 Å². The maximum Gasteiger partial charge on any atom is 0.231 e. The molecule has 2 saturated carbocycles. The Morgan fingerprint density at radius 2 is 1.81 bits per heavy atom. The molecule has 3 aliphatic rings. The van der Waals surface area contributed by atoms with Crippen molar-refractivity contribution >= 4 is 17.5 Å². The third-order valence-corrected chi connectivity index (χ3v) is 4.03. The summed E-state index contributed by atoms with van der Waals surface area (Å²) < 4.78 is 10.5. The molecule has 2 amide bonds. The Hall–Kier alpha value is -2.24. The van der Waals surface area contributed by atoms with Crippen LogP contribution < -0.4 is 20.1 Å². The summed E-state index contributed by atoms with van der Waals surface area (Å²) in [5.41, 5.74) is 0.664. The van der Waals surface area contributed by atoms with Crippen LogP contribution in [0.2, 0.25) is 0 Å². The number of hydrogen-bond acceptors (Lipinski definition) is 4. The van der Waals surface area contributed by atoms with Crippen molar-refractivity contribution in [3.63, 3.8) is 0 Å². The molecule has 2 unspecified atom stereocenters. The Labute approximate surface area is 121 Å². The second-order valence-electron chi connectivity index (χ2n) is 5.79. The zero-order valence-electron chi connectivity index (χ0n) is 11.4. The molecular weight excluding hydrogens is 272 g/mol. The molecule has 6 heteroatoms. The fourth-order valence-electron chi connectivity index (χ4n) is 2.52. The van der Waals surface area contributed by atoms with Gasteiger partial charge in [-0.25, -0.2) is 0 Å². The van der Waals surface area contributed by atoms with Gasteiger partial charge in [-0.2, -0.15) is 0 Å². The second kappa shape index (κ2) is 4.65. The number of hydrogen-bond donors (Lipinski definition) is 2. The van der Waals surface area contributed by atoms with Crippen molar-refractivity contribution in [2.75, 3.05) is 12.1 Å². The van der Waals surface area contributed by atoms with Crippen molar-refractivity contribution in [2.45, 2.75) is 25.3 Å². The topological polar surface area (TPSA) is 76.7 Å². The third-order valence-electron chi connectivity index (χ3n) is 4.03. The summed E-state index contributed by atoms with van der Waals surface area (Å²) in [5.74, 6) is 0.842. The number of carbonyl (C=O) groups excluding carboxylic acids is 2. The number of rotatable bonds is 4. The molecule has 0 spiro atoms. The Bertz CT molecular complexity index is 612. The predicted octanol–water partition coefficient (Wildman–Crippen LogP) is 1.27. The normalized spacial score (nSPS) is 25.3. The Morgan fingerprint density at radius 1 is 1.05 bits per heavy atom. The highest BCUT2D eigenvalue weighted by molar-refractivity contribution is 5.99. The molecule has 4 rings (SSSR count). The molecule has 21 heavy (non-hydrogen) atoms. The van der Waals surface area contributed by atoms with E-state index in [1.807, 2.05) is 0 Å². The van der Waals surface area contributed by atoms with E-state index in [9.17, 15) is 9.59 Å². The molecule has 0 bridgehead atoms. The van der Waals surface area contributed by atoms with Crippen LogP contribution >= 0.6 is 0 Å². The monoisotopic (exact) mass is 288 g/mol. The van der Waals surface area contributed by atoms with Gasteiger partial charge in [0.1, 0.15) is 0 Å². The summed E-state index contributed by atoms with van der Waals surface area (Å²) in [6, 6.07) is 5.62. The van der Waals surface area contributed by atoms with E-state index in [-0.39, 0.29) is 30.4 Å². The largest absolute Gasteiger partial charge is 0.454 e. The van der Waals surface area contributed by atoms with Gasteiger partial charge in [-0.05, 0) is 31.4 Å². The van der Waals surface area contributed by atoms with Crippen molar-refractivity contribution in [3.8, 4) is 11.5 Å². The number of fused-ring (bicyclic) bond motifs is 1. The van der Waals surface area contributed by atoms with Crippen molar-refractivity contribution < 1.29 is 19.1 Å². The number of ether oxygens (including phenoxy) is 2. The van der Waals surface area contributed by atoms with E-state index in [4.69, 9.17) is 9.47 Å². The van der Waals surface area contributed by atoms with E-state index < -0.39 is 0 Å². The van der Waals surface area contributed by atoms with E-state index in [1.165, 1.54) is 0 Å². The van der Waals surface area contributed by atoms with Gasteiger partial charge in [0.05, 0.1) is 11.8 Å². The molecule has 110 valence electrons. The Balaban J connectivity index is 1.35. The van der Waals surface area contributed by atoms with Crippen molar-refractivity contribution in [2.24, 2.45) is 11.8 Å². The van der Waals surface area contributed by atoms with Gasteiger partial charge in [0.15, 0.2) is 11.5 Å². The molecule has 1 aromatic carbocycles. The molecule has 2 fully saturated rings. The fourth-order valence-corrected chi connectivity index (χ4v) is 2.52. The molecule has 2 aliphatic carbocycles. The zero-order valence-corrected chi connectivity index (χ0v) is 11.4. The Morgan fingerprint density at radius 3 is 2.62 bits per heavy atom. The lowest BCUT2D eigenvalue weighted by Crippen LogP contribution is -2.29. The van der Waals surface area contributed by atoms with Gasteiger partial charge in [0.2, 0.25) is 18.6 Å². The van der Waals surface area contributed by atoms with Crippen molar-refractivity contribution in [3.05, 3.63) is 18.2 Å². The molecular formula is C15H16N2O4. The zero-order chi connectivity index (χ0) is 14.4. The van der Waals surface area contributed by atoms with Crippen LogP contribution in [-0.4, -0.2) is 24.6 Å². The fraction of sp³-hybridized carbons (Fsp3) is 0.467. The average Bonchev–Trinajstić information content (AvgIpc) is 3.37. The number of anilines is 1. The summed E-state index contributed by atoms with van der Waals surface area (Å²) >= 11 is 0. The van der Waals surface area contributed by atoms with Crippen LogP contribution in [-0.2, 0) is 9.59 Å². The van der Waals surface area contributed by atoms with Gasteiger partial charge in [0.25, 0.3) is 0 Å². The van der Waals surface area contributed by atoms with Crippen LogP contribution in [0.3, 0.4) is 0 Å². The minimum absolute atomic E-state index is 0.0170. The first-order chi connectivity index (χ1) is 10.2. The lowest BCUT2D eigenvalue weighted by molar-refractivity contribution is -0.125. The minimum atomic E-state index is -0.214. The number of carbonyl (C=O) groups is 2. The van der Waals surface area contributed by atoms with Gasteiger partial charge in [-0.15, -0.1) is 0 Å². The highest BCUT2D eigenvalue weighted by atomic mass is 16.7. The standard InChI is InChI=1S/C15H16N2O4/c18-14(16-8-1-2-8)10-6-11(10)15(19)17-9-3-4-12-13(5-9)21-7-20-12/h3-5,8,10-11H,1-2,6-7H2,(H,16,18)(H,17,19). The molecule has 6 nitrogen and oxygen atoms in total. The third kappa shape index (κ3) is 2.53.